The molecule has 1 N–H and O–H groups in total. The van der Waals surface area contributed by atoms with Crippen molar-refractivity contribution in [2.24, 2.45) is 11.8 Å². The van der Waals surface area contributed by atoms with E-state index in [9.17, 15) is 14.7 Å². The number of aryl methyl sites for hydroxylation is 1. The smallest absolute Gasteiger partial charge is 0.308 e. The summed E-state index contributed by atoms with van der Waals surface area (Å²) in [5, 5.41) is 9.44. The van der Waals surface area contributed by atoms with Gasteiger partial charge >= 0.3 is 11.9 Å². The molecule has 1 aromatic rings. The number of hydrogen-bond acceptors (Lipinski definition) is 4. The van der Waals surface area contributed by atoms with E-state index in [-0.39, 0.29) is 17.8 Å². The van der Waals surface area contributed by atoms with Crippen molar-refractivity contribution in [2.45, 2.75) is 65.2 Å². The van der Waals surface area contributed by atoms with Gasteiger partial charge in [0.15, 0.2) is 0 Å². The van der Waals surface area contributed by atoms with Gasteiger partial charge in [-0.2, -0.15) is 0 Å². The summed E-state index contributed by atoms with van der Waals surface area (Å²) >= 11 is 0. The number of aliphatic carboxylic acids is 1. The van der Waals surface area contributed by atoms with Gasteiger partial charge in [-0.15, -0.1) is 0 Å². The van der Waals surface area contributed by atoms with Crippen molar-refractivity contribution in [3.05, 3.63) is 35.8 Å². The zero-order valence-electron chi connectivity index (χ0n) is 16.2. The Kier molecular flexibility index (Phi) is 10.4. The number of carboxylic acid groups (broad SMARTS) is 1. The van der Waals surface area contributed by atoms with Crippen LogP contribution >= 0.6 is 0 Å². The van der Waals surface area contributed by atoms with Crippen LogP contribution in [0.25, 0.3) is 0 Å². The first-order chi connectivity index (χ1) is 12.4. The van der Waals surface area contributed by atoms with Gasteiger partial charge in [0, 0.05) is 0 Å². The highest BCUT2D eigenvalue weighted by molar-refractivity contribution is 5.72. The number of hydrogen-bond donors (Lipinski definition) is 1. The Morgan fingerprint density at radius 1 is 1.15 bits per heavy atom. The minimum Gasteiger partial charge on any atom is -0.481 e. The molecule has 0 saturated carbocycles. The number of carbonyl (C=O) groups is 2. The molecule has 2 atom stereocenters. The molecule has 0 fully saturated rings. The molecule has 0 aromatic carbocycles. The summed E-state index contributed by atoms with van der Waals surface area (Å²) in [5.74, 6) is -1.47. The molecule has 1 rings (SSSR count). The molecule has 1 heterocycles. The van der Waals surface area contributed by atoms with Gasteiger partial charge in [-0.25, -0.2) is 0 Å². The summed E-state index contributed by atoms with van der Waals surface area (Å²) in [6.07, 6.45) is 11.3. The van der Waals surface area contributed by atoms with E-state index in [0.29, 0.717) is 19.3 Å². The maximum atomic E-state index is 11.9. The van der Waals surface area contributed by atoms with Crippen molar-refractivity contribution in [3.8, 4) is 0 Å². The van der Waals surface area contributed by atoms with Crippen molar-refractivity contribution in [1.82, 2.24) is 0 Å². The molecule has 0 aliphatic rings. The molecule has 26 heavy (non-hydrogen) atoms. The number of allylic oxidation sites excluding steroid dienone is 2. The summed E-state index contributed by atoms with van der Waals surface area (Å²) in [6, 6.07) is 1.91. The molecule has 0 saturated heterocycles. The van der Waals surface area contributed by atoms with Gasteiger partial charge in [0.2, 0.25) is 0 Å². The molecule has 5 heteroatoms. The first-order valence-electron chi connectivity index (χ1n) is 9.39. The summed E-state index contributed by atoms with van der Waals surface area (Å²) < 4.78 is 9.92. The van der Waals surface area contributed by atoms with E-state index in [2.05, 4.69) is 6.08 Å². The molecule has 0 bridgehead atoms. The molecule has 0 radical (unpaired) electrons. The van der Waals surface area contributed by atoms with E-state index in [1.165, 1.54) is 12.7 Å². The first-order valence-corrected chi connectivity index (χ1v) is 9.39. The van der Waals surface area contributed by atoms with Gasteiger partial charge in [0.25, 0.3) is 0 Å². The lowest BCUT2D eigenvalue weighted by Gasteiger charge is -2.16. The van der Waals surface area contributed by atoms with Crippen LogP contribution in [-0.4, -0.2) is 24.2 Å². The van der Waals surface area contributed by atoms with Gasteiger partial charge in [-0.1, -0.05) is 18.1 Å². The van der Waals surface area contributed by atoms with Crippen LogP contribution in [-0.2, 0) is 20.7 Å². The van der Waals surface area contributed by atoms with Crippen molar-refractivity contribution >= 4 is 11.9 Å². The van der Waals surface area contributed by atoms with E-state index < -0.39 is 5.97 Å². The second-order valence-electron chi connectivity index (χ2n) is 7.07. The van der Waals surface area contributed by atoms with E-state index in [1.807, 2.05) is 19.9 Å². The Morgan fingerprint density at radius 2 is 1.85 bits per heavy atom. The molecular weight excluding hydrogens is 332 g/mol. The average molecular weight is 364 g/mol. The van der Waals surface area contributed by atoms with Crippen molar-refractivity contribution < 1.29 is 23.8 Å². The average Bonchev–Trinajstić information content (AvgIpc) is 3.11. The molecular formula is C21H32O5. The number of furan rings is 1. The van der Waals surface area contributed by atoms with Crippen molar-refractivity contribution in [1.29, 1.82) is 0 Å². The van der Waals surface area contributed by atoms with Gasteiger partial charge in [-0.3, -0.25) is 9.59 Å². The maximum Gasteiger partial charge on any atom is 0.308 e. The van der Waals surface area contributed by atoms with Gasteiger partial charge < -0.3 is 14.3 Å². The fourth-order valence-corrected chi connectivity index (χ4v) is 3.11. The van der Waals surface area contributed by atoms with E-state index in [4.69, 9.17) is 9.15 Å². The van der Waals surface area contributed by atoms with Crippen LogP contribution < -0.4 is 0 Å². The quantitative estimate of drug-likeness (QED) is 0.393. The minimum absolute atomic E-state index is 0.157. The fourth-order valence-electron chi connectivity index (χ4n) is 3.11. The Morgan fingerprint density at radius 3 is 2.42 bits per heavy atom. The van der Waals surface area contributed by atoms with Crippen LogP contribution in [0.5, 0.6) is 0 Å². The van der Waals surface area contributed by atoms with Crippen LogP contribution in [0.2, 0.25) is 0 Å². The topological polar surface area (TPSA) is 76.7 Å². The Hall–Kier alpha value is -2.04. The van der Waals surface area contributed by atoms with E-state index >= 15 is 0 Å². The Bertz CT molecular complexity index is 555. The number of methoxy groups -OCH3 is 1. The standard InChI is InChI=1S/C21H32O5/c1-16(2)7-4-11-19(21(24)25-3)12-6-10-18(20(22)23)9-5-8-17-13-14-26-15-17/h7,13-15,18-19H,4-6,8-12H2,1-3H3,(H,22,23). The third-order valence-corrected chi connectivity index (χ3v) is 4.65. The minimum atomic E-state index is -0.753. The third-order valence-electron chi connectivity index (χ3n) is 4.65. The SMILES string of the molecule is COC(=O)C(CCC=C(C)C)CCCC(CCCc1ccoc1)C(=O)O. The third kappa shape index (κ3) is 8.88. The normalized spacial score (nSPS) is 13.0. The van der Waals surface area contributed by atoms with Crippen molar-refractivity contribution in [2.75, 3.05) is 7.11 Å². The molecule has 5 nitrogen and oxygen atoms in total. The number of ether oxygens (including phenoxy) is 1. The van der Waals surface area contributed by atoms with Gasteiger partial charge in [-0.05, 0) is 70.4 Å². The first kappa shape index (κ1) is 22.0. The zero-order valence-corrected chi connectivity index (χ0v) is 16.2. The maximum absolute atomic E-state index is 11.9. The lowest BCUT2D eigenvalue weighted by Crippen LogP contribution is -2.18. The Labute approximate surface area is 156 Å². The highest BCUT2D eigenvalue weighted by Gasteiger charge is 2.21. The molecule has 0 amide bonds. The molecule has 0 aliphatic heterocycles. The predicted molar refractivity (Wildman–Crippen MR) is 101 cm³/mol. The molecule has 0 aliphatic carbocycles. The highest BCUT2D eigenvalue weighted by atomic mass is 16.5. The van der Waals surface area contributed by atoms with E-state index in [1.54, 1.807) is 12.5 Å². The van der Waals surface area contributed by atoms with E-state index in [0.717, 1.165) is 37.7 Å². The largest absolute Gasteiger partial charge is 0.481 e. The lowest BCUT2D eigenvalue weighted by atomic mass is 9.90. The second-order valence-corrected chi connectivity index (χ2v) is 7.07. The second kappa shape index (κ2) is 12.3. The summed E-state index contributed by atoms with van der Waals surface area (Å²) in [6.45, 7) is 4.07. The summed E-state index contributed by atoms with van der Waals surface area (Å²) in [7, 11) is 1.41. The summed E-state index contributed by atoms with van der Waals surface area (Å²) in [4.78, 5) is 23.4. The van der Waals surface area contributed by atoms with Crippen molar-refractivity contribution in [3.63, 3.8) is 0 Å². The predicted octanol–water partition coefficient (Wildman–Crippen LogP) is 5.01. The van der Waals surface area contributed by atoms with Gasteiger partial charge in [0.05, 0.1) is 31.5 Å². The van der Waals surface area contributed by atoms with Crippen LogP contribution in [0.15, 0.2) is 34.7 Å². The molecule has 146 valence electrons. The molecule has 2 unspecified atom stereocenters. The monoisotopic (exact) mass is 364 g/mol. The van der Waals surface area contributed by atoms with Crippen LogP contribution in [0.4, 0.5) is 0 Å². The zero-order chi connectivity index (χ0) is 19.4. The van der Waals surface area contributed by atoms with Crippen LogP contribution in [0, 0.1) is 11.8 Å². The highest BCUT2D eigenvalue weighted by Crippen LogP contribution is 2.22. The summed E-state index contributed by atoms with van der Waals surface area (Å²) in [5.41, 5.74) is 2.33. The molecule has 0 spiro atoms. The van der Waals surface area contributed by atoms with Crippen LogP contribution in [0.3, 0.4) is 0 Å². The molecule has 1 aromatic heterocycles. The number of rotatable bonds is 13. The van der Waals surface area contributed by atoms with Gasteiger partial charge in [0.1, 0.15) is 0 Å². The number of carboxylic acids is 1. The fraction of sp³-hybridized carbons (Fsp3) is 0.619. The lowest BCUT2D eigenvalue weighted by molar-refractivity contribution is -0.145. The van der Waals surface area contributed by atoms with Crippen LogP contribution in [0.1, 0.15) is 64.4 Å². The Balaban J connectivity index is 2.40. The number of esters is 1. The number of carbonyl (C=O) groups excluding carboxylic acids is 1.